The van der Waals surface area contributed by atoms with Crippen LogP contribution in [-0.2, 0) is 4.79 Å². The molecule has 0 saturated carbocycles. The Morgan fingerprint density at radius 1 is 1.37 bits per heavy atom. The number of hydrogen-bond acceptors (Lipinski definition) is 5. The smallest absolute Gasteiger partial charge is 0.306 e. The number of amides is 1. The molecular weight excluding hydrogens is 379 g/mol. The average molecular weight is 395 g/mol. The Morgan fingerprint density at radius 2 is 2.11 bits per heavy atom. The maximum atomic E-state index is 13.3. The zero-order valence-electron chi connectivity index (χ0n) is 14.5. The van der Waals surface area contributed by atoms with Gasteiger partial charge in [-0.25, -0.2) is 0 Å². The number of nitro benzene ring substituents is 1. The van der Waals surface area contributed by atoms with Crippen LogP contribution in [0, 0.1) is 15.9 Å². The Labute approximate surface area is 159 Å². The predicted octanol–water partition coefficient (Wildman–Crippen LogP) is 4.45. The molecule has 0 aromatic heterocycles. The van der Waals surface area contributed by atoms with Gasteiger partial charge in [0.25, 0.3) is 0 Å². The van der Waals surface area contributed by atoms with Crippen LogP contribution in [0.4, 0.5) is 15.8 Å². The minimum atomic E-state index is -0.982. The van der Waals surface area contributed by atoms with Crippen molar-refractivity contribution in [1.29, 1.82) is 0 Å². The molecule has 0 aliphatic rings. The van der Waals surface area contributed by atoms with E-state index in [4.69, 9.17) is 21.1 Å². The number of nitrogens with zero attached hydrogens (tertiary/aromatic N) is 1. The van der Waals surface area contributed by atoms with E-state index >= 15 is 0 Å². The molecule has 142 valence electrons. The van der Waals surface area contributed by atoms with Crippen molar-refractivity contribution in [3.8, 4) is 11.5 Å². The molecule has 0 spiro atoms. The Morgan fingerprint density at radius 3 is 2.74 bits per heavy atom. The topological polar surface area (TPSA) is 90.7 Å². The largest absolute Gasteiger partial charge is 0.493 e. The number of ether oxygens (including phenoxy) is 2. The van der Waals surface area contributed by atoms with Crippen LogP contribution in [0.25, 0.3) is 6.08 Å². The van der Waals surface area contributed by atoms with Gasteiger partial charge in [-0.15, -0.1) is 0 Å². The number of carbonyl (C=O) groups excluding carboxylic acids is 1. The standard InChI is InChI=1S/C18H16ClFN2O5/c1-3-27-18-13(19)8-11(9-16(18)26-2)4-7-17(23)21-12-5-6-14(20)15(10-12)22(24)25/h4-10H,3H2,1-2H3,(H,21,23)/b7-4+. The van der Waals surface area contributed by atoms with E-state index in [2.05, 4.69) is 5.32 Å². The van der Waals surface area contributed by atoms with E-state index in [0.29, 0.717) is 28.7 Å². The van der Waals surface area contributed by atoms with Crippen LogP contribution in [0.2, 0.25) is 5.02 Å². The van der Waals surface area contributed by atoms with Gasteiger partial charge in [-0.2, -0.15) is 4.39 Å². The monoisotopic (exact) mass is 394 g/mol. The number of nitrogens with one attached hydrogen (secondary N) is 1. The second kappa shape index (κ2) is 9.00. The van der Waals surface area contributed by atoms with Crippen molar-refractivity contribution < 1.29 is 23.6 Å². The summed E-state index contributed by atoms with van der Waals surface area (Å²) in [7, 11) is 1.47. The highest BCUT2D eigenvalue weighted by molar-refractivity contribution is 6.32. The van der Waals surface area contributed by atoms with Crippen molar-refractivity contribution in [1.82, 2.24) is 0 Å². The summed E-state index contributed by atoms with van der Waals surface area (Å²) in [6.07, 6.45) is 2.69. The van der Waals surface area contributed by atoms with Gasteiger partial charge in [-0.05, 0) is 42.8 Å². The molecule has 0 radical (unpaired) electrons. The summed E-state index contributed by atoms with van der Waals surface area (Å²) in [5, 5.41) is 13.5. The summed E-state index contributed by atoms with van der Waals surface area (Å²) in [5.41, 5.74) is -0.0413. The van der Waals surface area contributed by atoms with Crippen LogP contribution in [0.3, 0.4) is 0 Å². The molecule has 2 aromatic carbocycles. The molecule has 0 aliphatic heterocycles. The third kappa shape index (κ3) is 5.18. The number of anilines is 1. The van der Waals surface area contributed by atoms with Gasteiger partial charge in [0, 0.05) is 17.8 Å². The van der Waals surface area contributed by atoms with Crippen molar-refractivity contribution in [3.05, 3.63) is 62.9 Å². The molecule has 0 atom stereocenters. The van der Waals surface area contributed by atoms with Crippen molar-refractivity contribution in [2.45, 2.75) is 6.92 Å². The van der Waals surface area contributed by atoms with Crippen molar-refractivity contribution in [3.63, 3.8) is 0 Å². The Balaban J connectivity index is 2.16. The zero-order valence-corrected chi connectivity index (χ0v) is 15.2. The fourth-order valence-corrected chi connectivity index (χ4v) is 2.48. The third-order valence-corrected chi connectivity index (χ3v) is 3.66. The zero-order chi connectivity index (χ0) is 20.0. The average Bonchev–Trinajstić information content (AvgIpc) is 2.63. The molecule has 7 nitrogen and oxygen atoms in total. The van der Waals surface area contributed by atoms with Crippen LogP contribution < -0.4 is 14.8 Å². The highest BCUT2D eigenvalue weighted by Crippen LogP contribution is 2.36. The highest BCUT2D eigenvalue weighted by atomic mass is 35.5. The minimum absolute atomic E-state index is 0.0973. The Kier molecular flexibility index (Phi) is 6.73. The van der Waals surface area contributed by atoms with Crippen molar-refractivity contribution in [2.24, 2.45) is 0 Å². The van der Waals surface area contributed by atoms with Gasteiger partial charge in [0.1, 0.15) is 0 Å². The molecule has 2 aromatic rings. The molecule has 9 heteroatoms. The van der Waals surface area contributed by atoms with Gasteiger partial charge >= 0.3 is 5.69 Å². The molecular formula is C18H16ClFN2O5. The lowest BCUT2D eigenvalue weighted by atomic mass is 10.2. The number of rotatable bonds is 7. The van der Waals surface area contributed by atoms with Crippen LogP contribution in [0.15, 0.2) is 36.4 Å². The molecule has 1 amide bonds. The first-order chi connectivity index (χ1) is 12.8. The summed E-state index contributed by atoms with van der Waals surface area (Å²) in [5.74, 6) is -0.718. The fourth-order valence-electron chi connectivity index (χ4n) is 2.21. The molecule has 2 rings (SSSR count). The van der Waals surface area contributed by atoms with E-state index in [9.17, 15) is 19.3 Å². The third-order valence-electron chi connectivity index (χ3n) is 3.38. The molecule has 27 heavy (non-hydrogen) atoms. The first-order valence-corrected chi connectivity index (χ1v) is 8.16. The molecule has 1 N–H and O–H groups in total. The fraction of sp³-hybridized carbons (Fsp3) is 0.167. The highest BCUT2D eigenvalue weighted by Gasteiger charge is 2.15. The number of carbonyl (C=O) groups is 1. The second-order valence-corrected chi connectivity index (χ2v) is 5.62. The lowest BCUT2D eigenvalue weighted by Crippen LogP contribution is -2.08. The summed E-state index contributed by atoms with van der Waals surface area (Å²) < 4.78 is 24.0. The lowest BCUT2D eigenvalue weighted by molar-refractivity contribution is -0.387. The van der Waals surface area contributed by atoms with E-state index in [1.807, 2.05) is 6.92 Å². The Hall–Kier alpha value is -3.13. The van der Waals surface area contributed by atoms with E-state index in [-0.39, 0.29) is 5.69 Å². The van der Waals surface area contributed by atoms with Gasteiger partial charge in [0.2, 0.25) is 11.7 Å². The number of methoxy groups -OCH3 is 1. The molecule has 0 saturated heterocycles. The van der Waals surface area contributed by atoms with Gasteiger partial charge in [-0.1, -0.05) is 11.6 Å². The van der Waals surface area contributed by atoms with Crippen molar-refractivity contribution in [2.75, 3.05) is 19.0 Å². The molecule has 0 bridgehead atoms. The van der Waals surface area contributed by atoms with E-state index in [1.165, 1.54) is 25.3 Å². The van der Waals surface area contributed by atoms with Gasteiger partial charge in [0.05, 0.1) is 23.7 Å². The maximum absolute atomic E-state index is 13.3. The lowest BCUT2D eigenvalue weighted by Gasteiger charge is -2.11. The Bertz CT molecular complexity index is 902. The molecule has 0 aliphatic carbocycles. The number of benzene rings is 2. The van der Waals surface area contributed by atoms with Crippen LogP contribution in [-0.4, -0.2) is 24.5 Å². The van der Waals surface area contributed by atoms with Crippen LogP contribution in [0.1, 0.15) is 12.5 Å². The number of hydrogen-bond donors (Lipinski definition) is 1. The van der Waals surface area contributed by atoms with Crippen LogP contribution in [0.5, 0.6) is 11.5 Å². The number of nitro groups is 1. The van der Waals surface area contributed by atoms with E-state index in [1.54, 1.807) is 12.1 Å². The van der Waals surface area contributed by atoms with Gasteiger partial charge in [-0.3, -0.25) is 14.9 Å². The SMILES string of the molecule is CCOc1c(Cl)cc(/C=C/C(=O)Nc2ccc(F)c([N+](=O)[O-])c2)cc1OC. The van der Waals surface area contributed by atoms with Gasteiger partial charge in [0.15, 0.2) is 11.5 Å². The predicted molar refractivity (Wildman–Crippen MR) is 99.9 cm³/mol. The molecule has 0 fully saturated rings. The molecule has 0 heterocycles. The summed E-state index contributed by atoms with van der Waals surface area (Å²) in [4.78, 5) is 21.9. The summed E-state index contributed by atoms with van der Waals surface area (Å²) >= 11 is 6.16. The van der Waals surface area contributed by atoms with E-state index < -0.39 is 22.3 Å². The summed E-state index contributed by atoms with van der Waals surface area (Å²) in [6, 6.07) is 6.32. The summed E-state index contributed by atoms with van der Waals surface area (Å²) in [6.45, 7) is 2.23. The normalized spacial score (nSPS) is 10.7. The first kappa shape index (κ1) is 20.2. The number of halogens is 2. The van der Waals surface area contributed by atoms with Crippen molar-refractivity contribution >= 4 is 35.0 Å². The van der Waals surface area contributed by atoms with E-state index in [0.717, 1.165) is 12.1 Å². The maximum Gasteiger partial charge on any atom is 0.306 e. The molecule has 0 unspecified atom stereocenters. The van der Waals surface area contributed by atoms with Gasteiger partial charge < -0.3 is 14.8 Å². The second-order valence-electron chi connectivity index (χ2n) is 5.21. The van der Waals surface area contributed by atoms with Crippen LogP contribution >= 0.6 is 11.6 Å². The first-order valence-electron chi connectivity index (χ1n) is 7.79. The quantitative estimate of drug-likeness (QED) is 0.425. The minimum Gasteiger partial charge on any atom is -0.493 e.